The number of nitrogens with one attached hydrogen (secondary N) is 1. The van der Waals surface area contributed by atoms with E-state index in [-0.39, 0.29) is 5.97 Å². The summed E-state index contributed by atoms with van der Waals surface area (Å²) in [5.74, 6) is -0.317. The van der Waals surface area contributed by atoms with Crippen molar-refractivity contribution >= 4 is 27.6 Å². The van der Waals surface area contributed by atoms with E-state index in [4.69, 9.17) is 4.74 Å². The maximum Gasteiger partial charge on any atom is 0.332 e. The van der Waals surface area contributed by atoms with E-state index in [9.17, 15) is 4.79 Å². The number of ether oxygens (including phenoxy) is 1. The molecule has 0 bridgehead atoms. The van der Waals surface area contributed by atoms with E-state index in [0.717, 1.165) is 23.0 Å². The summed E-state index contributed by atoms with van der Waals surface area (Å²) < 4.78 is 5.99. The molecule has 0 aliphatic carbocycles. The fraction of sp³-hybridized carbons (Fsp3) is 0.308. The van der Waals surface area contributed by atoms with E-state index in [1.54, 1.807) is 6.20 Å². The number of carbonyl (C=O) groups is 1. The number of benzene rings is 1. The van der Waals surface area contributed by atoms with Crippen LogP contribution in [-0.4, -0.2) is 12.6 Å². The van der Waals surface area contributed by atoms with Crippen molar-refractivity contribution in [3.05, 3.63) is 41.0 Å². The van der Waals surface area contributed by atoms with Gasteiger partial charge in [-0.2, -0.15) is 0 Å². The number of hydrogen-bond donors (Lipinski definition) is 1. The van der Waals surface area contributed by atoms with Crippen molar-refractivity contribution in [1.82, 2.24) is 0 Å². The first-order valence-corrected chi connectivity index (χ1v) is 6.37. The molecule has 0 atom stereocenters. The Morgan fingerprint density at radius 2 is 2.12 bits per heavy atom. The Morgan fingerprint density at radius 1 is 1.41 bits per heavy atom. The monoisotopic (exact) mass is 297 g/mol. The third-order valence-corrected chi connectivity index (χ3v) is 2.58. The standard InChI is InChI=1S/C13H16BrNO2/c1-2-3-10-17-13(16)8-9-15-12-6-4-11(14)5-7-12/h4-9,15H,2-3,10H2,1H3/b9-8+. The van der Waals surface area contributed by atoms with Crippen molar-refractivity contribution in [2.24, 2.45) is 0 Å². The second-order valence-corrected chi connectivity index (χ2v) is 4.42. The van der Waals surface area contributed by atoms with Crippen molar-refractivity contribution in [3.63, 3.8) is 0 Å². The Bertz CT molecular complexity index is 374. The maximum absolute atomic E-state index is 11.2. The summed E-state index contributed by atoms with van der Waals surface area (Å²) in [5, 5.41) is 2.99. The first-order valence-electron chi connectivity index (χ1n) is 5.58. The topological polar surface area (TPSA) is 38.3 Å². The molecule has 1 N–H and O–H groups in total. The lowest BCUT2D eigenvalue weighted by Gasteiger charge is -2.01. The Morgan fingerprint density at radius 3 is 2.76 bits per heavy atom. The van der Waals surface area contributed by atoms with Crippen molar-refractivity contribution in [1.29, 1.82) is 0 Å². The van der Waals surface area contributed by atoms with Crippen molar-refractivity contribution < 1.29 is 9.53 Å². The van der Waals surface area contributed by atoms with E-state index in [0.29, 0.717) is 6.61 Å². The molecule has 0 aromatic heterocycles. The molecule has 0 aliphatic rings. The molecule has 0 saturated heterocycles. The first kappa shape index (κ1) is 13.8. The zero-order chi connectivity index (χ0) is 12.5. The average Bonchev–Trinajstić information content (AvgIpc) is 2.32. The molecule has 4 heteroatoms. The molecule has 0 heterocycles. The zero-order valence-corrected chi connectivity index (χ0v) is 11.4. The van der Waals surface area contributed by atoms with Crippen molar-refractivity contribution in [2.75, 3.05) is 11.9 Å². The lowest BCUT2D eigenvalue weighted by Crippen LogP contribution is -2.02. The number of halogens is 1. The Kier molecular flexibility index (Phi) is 6.40. The number of carbonyl (C=O) groups excluding carboxylic acids is 1. The largest absolute Gasteiger partial charge is 0.462 e. The molecule has 0 amide bonds. The average molecular weight is 298 g/mol. The number of anilines is 1. The van der Waals surface area contributed by atoms with Crippen LogP contribution >= 0.6 is 15.9 Å². The summed E-state index contributed by atoms with van der Waals surface area (Å²) in [6.07, 6.45) is 4.89. The normalized spacial score (nSPS) is 10.5. The van der Waals surface area contributed by atoms with Crippen LogP contribution in [0.4, 0.5) is 5.69 Å². The lowest BCUT2D eigenvalue weighted by molar-refractivity contribution is -0.137. The third kappa shape index (κ3) is 6.12. The minimum atomic E-state index is -0.317. The van der Waals surface area contributed by atoms with Crippen LogP contribution in [0, 0.1) is 0 Å². The van der Waals surface area contributed by atoms with Gasteiger partial charge in [0, 0.05) is 22.4 Å². The Balaban J connectivity index is 2.29. The van der Waals surface area contributed by atoms with Gasteiger partial charge in [0.05, 0.1) is 6.61 Å². The minimum Gasteiger partial charge on any atom is -0.462 e. The molecule has 1 rings (SSSR count). The summed E-state index contributed by atoms with van der Waals surface area (Å²) in [6.45, 7) is 2.54. The van der Waals surface area contributed by atoms with Crippen molar-refractivity contribution in [2.45, 2.75) is 19.8 Å². The SMILES string of the molecule is CCCCOC(=O)/C=C/Nc1ccc(Br)cc1. The van der Waals surface area contributed by atoms with Crippen LogP contribution in [0.3, 0.4) is 0 Å². The van der Waals surface area contributed by atoms with Crippen LogP contribution < -0.4 is 5.32 Å². The highest BCUT2D eigenvalue weighted by atomic mass is 79.9. The lowest BCUT2D eigenvalue weighted by atomic mass is 10.3. The molecular formula is C13H16BrNO2. The summed E-state index contributed by atoms with van der Waals surface area (Å²) in [4.78, 5) is 11.2. The number of hydrogen-bond acceptors (Lipinski definition) is 3. The summed E-state index contributed by atoms with van der Waals surface area (Å²) in [6, 6.07) is 7.68. The van der Waals surface area contributed by atoms with Gasteiger partial charge in [-0.1, -0.05) is 29.3 Å². The molecule has 0 fully saturated rings. The molecule has 17 heavy (non-hydrogen) atoms. The highest BCUT2D eigenvalue weighted by molar-refractivity contribution is 9.10. The van der Waals surface area contributed by atoms with Gasteiger partial charge in [-0.05, 0) is 30.7 Å². The molecule has 1 aromatic carbocycles. The van der Waals surface area contributed by atoms with Crippen LogP contribution in [0.15, 0.2) is 41.0 Å². The summed E-state index contributed by atoms with van der Waals surface area (Å²) in [7, 11) is 0. The highest BCUT2D eigenvalue weighted by Crippen LogP contribution is 2.13. The van der Waals surface area contributed by atoms with E-state index >= 15 is 0 Å². The van der Waals surface area contributed by atoms with Gasteiger partial charge in [-0.25, -0.2) is 4.79 Å². The predicted molar refractivity (Wildman–Crippen MR) is 72.8 cm³/mol. The van der Waals surface area contributed by atoms with Gasteiger partial charge in [-0.3, -0.25) is 0 Å². The van der Waals surface area contributed by atoms with E-state index in [2.05, 4.69) is 28.2 Å². The number of rotatable bonds is 6. The van der Waals surface area contributed by atoms with Crippen LogP contribution in [0.1, 0.15) is 19.8 Å². The molecule has 0 spiro atoms. The smallest absolute Gasteiger partial charge is 0.332 e. The van der Waals surface area contributed by atoms with Gasteiger partial charge in [0.15, 0.2) is 0 Å². The summed E-state index contributed by atoms with van der Waals surface area (Å²) >= 11 is 3.35. The molecular weight excluding hydrogens is 282 g/mol. The van der Waals surface area contributed by atoms with E-state index < -0.39 is 0 Å². The fourth-order valence-corrected chi connectivity index (χ4v) is 1.38. The molecule has 0 radical (unpaired) electrons. The molecule has 0 unspecified atom stereocenters. The molecule has 1 aromatic rings. The highest BCUT2D eigenvalue weighted by Gasteiger charge is 1.95. The second-order valence-electron chi connectivity index (χ2n) is 3.51. The Hall–Kier alpha value is -1.29. The minimum absolute atomic E-state index is 0.317. The molecule has 3 nitrogen and oxygen atoms in total. The Labute approximate surface area is 110 Å². The first-order chi connectivity index (χ1) is 8.22. The molecule has 0 aliphatic heterocycles. The second kappa shape index (κ2) is 7.90. The predicted octanol–water partition coefficient (Wildman–Crippen LogP) is 3.72. The van der Waals surface area contributed by atoms with Gasteiger partial charge in [-0.15, -0.1) is 0 Å². The quantitative estimate of drug-likeness (QED) is 0.494. The van der Waals surface area contributed by atoms with Gasteiger partial charge in [0.25, 0.3) is 0 Å². The van der Waals surface area contributed by atoms with Gasteiger partial charge in [0.1, 0.15) is 0 Å². The van der Waals surface area contributed by atoms with E-state index in [1.807, 2.05) is 24.3 Å². The third-order valence-electron chi connectivity index (χ3n) is 2.06. The van der Waals surface area contributed by atoms with Crippen LogP contribution in [0.25, 0.3) is 0 Å². The van der Waals surface area contributed by atoms with Crippen LogP contribution in [-0.2, 0) is 9.53 Å². The van der Waals surface area contributed by atoms with Gasteiger partial charge < -0.3 is 10.1 Å². The zero-order valence-electron chi connectivity index (χ0n) is 9.78. The fourth-order valence-electron chi connectivity index (χ4n) is 1.12. The number of esters is 1. The van der Waals surface area contributed by atoms with Crippen molar-refractivity contribution in [3.8, 4) is 0 Å². The summed E-state index contributed by atoms with van der Waals surface area (Å²) in [5.41, 5.74) is 0.922. The molecule has 92 valence electrons. The van der Waals surface area contributed by atoms with Gasteiger partial charge in [0.2, 0.25) is 0 Å². The van der Waals surface area contributed by atoms with Gasteiger partial charge >= 0.3 is 5.97 Å². The number of unbranched alkanes of at least 4 members (excludes halogenated alkanes) is 1. The van der Waals surface area contributed by atoms with Crippen LogP contribution in [0.5, 0.6) is 0 Å². The molecule has 0 saturated carbocycles. The van der Waals surface area contributed by atoms with Crippen LogP contribution in [0.2, 0.25) is 0 Å². The maximum atomic E-state index is 11.2. The van der Waals surface area contributed by atoms with E-state index in [1.165, 1.54) is 6.08 Å².